The van der Waals surface area contributed by atoms with Gasteiger partial charge in [-0.25, -0.2) is 0 Å². The van der Waals surface area contributed by atoms with Crippen molar-refractivity contribution in [1.29, 1.82) is 0 Å². The zero-order valence-electron chi connectivity index (χ0n) is 11.3. The maximum absolute atomic E-state index is 12.1. The summed E-state index contributed by atoms with van der Waals surface area (Å²) in [5.74, 6) is 1.47. The number of aromatic nitrogens is 2. The fraction of sp³-hybridized carbons (Fsp3) is 0.846. The molecule has 5 nitrogen and oxygen atoms in total. The molecule has 1 atom stereocenters. The Morgan fingerprint density at radius 3 is 2.48 bits per heavy atom. The normalized spacial score (nSPS) is 41.7. The van der Waals surface area contributed by atoms with E-state index in [1.54, 1.807) is 0 Å². The smallest absolute Gasteiger partial charge is 0.424 e. The Morgan fingerprint density at radius 2 is 1.90 bits per heavy atom. The van der Waals surface area contributed by atoms with Crippen molar-refractivity contribution in [2.24, 2.45) is 11.7 Å². The molecule has 1 aromatic heterocycles. The number of nitrogens with zero attached hydrogens (tertiary/aromatic N) is 2. The standard InChI is InChI=1S/C13H16F3N3O2/c14-13(15,16)21-8-1-6(2-8)10-18-19-11(20-10)12-3-7(4-12)9(17)5-12/h6-9H,1-5,17H2. The molecule has 0 amide bonds. The van der Waals surface area contributed by atoms with Crippen LogP contribution in [0.1, 0.15) is 49.8 Å². The van der Waals surface area contributed by atoms with Crippen LogP contribution in [0, 0.1) is 5.92 Å². The van der Waals surface area contributed by atoms with Crippen LogP contribution in [0.4, 0.5) is 13.2 Å². The lowest BCUT2D eigenvalue weighted by Crippen LogP contribution is -2.35. The minimum Gasteiger partial charge on any atom is -0.424 e. The van der Waals surface area contributed by atoms with E-state index in [4.69, 9.17) is 10.2 Å². The van der Waals surface area contributed by atoms with E-state index in [9.17, 15) is 13.2 Å². The number of hydrogen-bond donors (Lipinski definition) is 1. The van der Waals surface area contributed by atoms with Gasteiger partial charge in [0.25, 0.3) is 0 Å². The van der Waals surface area contributed by atoms with Crippen LogP contribution < -0.4 is 5.73 Å². The summed E-state index contributed by atoms with van der Waals surface area (Å²) in [7, 11) is 0. The first-order valence-corrected chi connectivity index (χ1v) is 7.19. The highest BCUT2D eigenvalue weighted by atomic mass is 19.4. The second-order valence-corrected chi connectivity index (χ2v) is 6.62. The minimum absolute atomic E-state index is 0.0685. The van der Waals surface area contributed by atoms with Gasteiger partial charge in [0.1, 0.15) is 0 Å². The van der Waals surface area contributed by atoms with Crippen molar-refractivity contribution < 1.29 is 22.3 Å². The minimum atomic E-state index is -4.57. The third-order valence-corrected chi connectivity index (χ3v) is 5.18. The van der Waals surface area contributed by atoms with Crippen molar-refractivity contribution in [1.82, 2.24) is 10.2 Å². The molecule has 1 aromatic rings. The van der Waals surface area contributed by atoms with Gasteiger partial charge >= 0.3 is 6.36 Å². The molecule has 4 aliphatic rings. The first kappa shape index (κ1) is 13.5. The molecule has 21 heavy (non-hydrogen) atoms. The van der Waals surface area contributed by atoms with Gasteiger partial charge in [-0.2, -0.15) is 0 Å². The molecule has 4 aliphatic carbocycles. The Balaban J connectivity index is 1.39. The molecule has 1 heterocycles. The Kier molecular flexibility index (Phi) is 2.70. The topological polar surface area (TPSA) is 74.2 Å². The molecule has 0 aromatic carbocycles. The number of nitrogens with two attached hydrogens (primary N) is 1. The summed E-state index contributed by atoms with van der Waals surface area (Å²) >= 11 is 0. The van der Waals surface area contributed by atoms with E-state index in [1.807, 2.05) is 0 Å². The molecule has 0 radical (unpaired) electrons. The zero-order valence-corrected chi connectivity index (χ0v) is 11.3. The Bertz CT molecular complexity index is 547. The molecule has 5 rings (SSSR count). The molecular weight excluding hydrogens is 287 g/mol. The van der Waals surface area contributed by atoms with Gasteiger partial charge in [-0.05, 0) is 38.0 Å². The summed E-state index contributed by atoms with van der Waals surface area (Å²) in [6.07, 6.45) is -1.98. The van der Waals surface area contributed by atoms with E-state index < -0.39 is 12.5 Å². The highest BCUT2D eigenvalue weighted by Gasteiger charge is 2.59. The molecule has 4 fully saturated rings. The lowest BCUT2D eigenvalue weighted by Gasteiger charge is -2.35. The van der Waals surface area contributed by atoms with Crippen molar-refractivity contribution in [3.8, 4) is 0 Å². The number of fused-ring (bicyclic) bond motifs is 1. The fourth-order valence-electron chi connectivity index (χ4n) is 3.96. The van der Waals surface area contributed by atoms with Gasteiger partial charge in [-0.1, -0.05) is 0 Å². The largest absolute Gasteiger partial charge is 0.522 e. The van der Waals surface area contributed by atoms with Gasteiger partial charge in [0.15, 0.2) is 0 Å². The van der Waals surface area contributed by atoms with Crippen LogP contribution in [0.15, 0.2) is 4.42 Å². The Labute approximate surface area is 119 Å². The van der Waals surface area contributed by atoms with Crippen LogP contribution in [0.3, 0.4) is 0 Å². The quantitative estimate of drug-likeness (QED) is 0.927. The molecular formula is C13H16F3N3O2. The average molecular weight is 303 g/mol. The van der Waals surface area contributed by atoms with E-state index in [2.05, 4.69) is 14.9 Å². The fourth-order valence-corrected chi connectivity index (χ4v) is 3.96. The van der Waals surface area contributed by atoms with Crippen molar-refractivity contribution in [2.75, 3.05) is 0 Å². The monoisotopic (exact) mass is 303 g/mol. The van der Waals surface area contributed by atoms with Crippen LogP contribution in [-0.2, 0) is 10.2 Å². The lowest BCUT2D eigenvalue weighted by atomic mass is 9.69. The van der Waals surface area contributed by atoms with E-state index in [-0.39, 0.29) is 30.2 Å². The second kappa shape index (κ2) is 4.19. The predicted octanol–water partition coefficient (Wildman–Crippen LogP) is 2.23. The molecule has 116 valence electrons. The van der Waals surface area contributed by atoms with Crippen LogP contribution in [0.25, 0.3) is 0 Å². The highest BCUT2D eigenvalue weighted by Crippen LogP contribution is 2.59. The van der Waals surface area contributed by atoms with Crippen LogP contribution in [-0.4, -0.2) is 28.7 Å². The van der Waals surface area contributed by atoms with Gasteiger partial charge in [0.05, 0.1) is 11.5 Å². The third-order valence-electron chi connectivity index (χ3n) is 5.18. The van der Waals surface area contributed by atoms with Crippen molar-refractivity contribution in [3.63, 3.8) is 0 Å². The molecule has 2 bridgehead atoms. The van der Waals surface area contributed by atoms with Gasteiger partial charge in [0, 0.05) is 12.0 Å². The molecule has 2 N–H and O–H groups in total. The van der Waals surface area contributed by atoms with E-state index in [0.29, 0.717) is 17.7 Å². The summed E-state index contributed by atoms with van der Waals surface area (Å²) < 4.78 is 45.9. The van der Waals surface area contributed by atoms with Crippen molar-refractivity contribution in [3.05, 3.63) is 11.8 Å². The Morgan fingerprint density at radius 1 is 1.19 bits per heavy atom. The van der Waals surface area contributed by atoms with E-state index >= 15 is 0 Å². The molecule has 1 unspecified atom stereocenters. The summed E-state index contributed by atoms with van der Waals surface area (Å²) in [5.41, 5.74) is 5.94. The van der Waals surface area contributed by atoms with Gasteiger partial charge < -0.3 is 10.2 Å². The third kappa shape index (κ3) is 2.15. The van der Waals surface area contributed by atoms with Crippen molar-refractivity contribution >= 4 is 0 Å². The Hall–Kier alpha value is -1.15. The number of hydrogen-bond acceptors (Lipinski definition) is 5. The molecule has 8 heteroatoms. The van der Waals surface area contributed by atoms with Crippen LogP contribution >= 0.6 is 0 Å². The van der Waals surface area contributed by atoms with Gasteiger partial charge in [-0.15, -0.1) is 23.4 Å². The van der Waals surface area contributed by atoms with Gasteiger partial charge in [-0.3, -0.25) is 4.74 Å². The van der Waals surface area contributed by atoms with E-state index in [1.165, 1.54) is 0 Å². The van der Waals surface area contributed by atoms with Gasteiger partial charge in [0.2, 0.25) is 11.8 Å². The molecule has 0 spiro atoms. The number of alkyl halides is 3. The number of rotatable bonds is 3. The lowest BCUT2D eigenvalue weighted by molar-refractivity contribution is -0.352. The first-order valence-electron chi connectivity index (χ1n) is 7.19. The molecule has 0 aliphatic heterocycles. The summed E-state index contributed by atoms with van der Waals surface area (Å²) in [6.45, 7) is 0. The average Bonchev–Trinajstić information content (AvgIpc) is 2.92. The summed E-state index contributed by atoms with van der Waals surface area (Å²) in [5, 5.41) is 8.12. The first-order chi connectivity index (χ1) is 9.85. The SMILES string of the molecule is NC1CC2(c3nnc(C4CC(OC(F)(F)F)C4)o3)CC1C2. The second-order valence-electron chi connectivity index (χ2n) is 6.62. The van der Waals surface area contributed by atoms with E-state index in [0.717, 1.165) is 19.3 Å². The number of halogens is 3. The number of ether oxygens (including phenoxy) is 1. The zero-order chi connectivity index (χ0) is 14.8. The molecule has 4 saturated carbocycles. The predicted molar refractivity (Wildman–Crippen MR) is 64.2 cm³/mol. The maximum atomic E-state index is 12.1. The molecule has 0 saturated heterocycles. The van der Waals surface area contributed by atoms with Crippen LogP contribution in [0.2, 0.25) is 0 Å². The van der Waals surface area contributed by atoms with Crippen LogP contribution in [0.5, 0.6) is 0 Å². The summed E-state index contributed by atoms with van der Waals surface area (Å²) in [4.78, 5) is 0. The maximum Gasteiger partial charge on any atom is 0.522 e. The van der Waals surface area contributed by atoms with Crippen molar-refractivity contribution in [2.45, 2.75) is 61.9 Å². The highest BCUT2D eigenvalue weighted by molar-refractivity contribution is 5.21. The summed E-state index contributed by atoms with van der Waals surface area (Å²) in [6, 6.07) is 0.202.